The fraction of sp³-hybridized carbons (Fsp3) is 0.143. The molecule has 0 fully saturated rings. The first-order valence-corrected chi connectivity index (χ1v) is 4.53. The standard InChI is InChI=1S/C7H8O4S.Na/c1-6-3-2-4-7(5-6)11-12(8,9)10;/h2-5H,1H3,(H,8,9,10);/q;+1/p-1. The molecule has 0 radical (unpaired) electrons. The van der Waals surface area contributed by atoms with E-state index in [0.717, 1.165) is 5.56 Å². The van der Waals surface area contributed by atoms with Crippen LogP contribution in [0.2, 0.25) is 0 Å². The number of rotatable bonds is 2. The molecule has 0 unspecified atom stereocenters. The summed E-state index contributed by atoms with van der Waals surface area (Å²) >= 11 is 0. The summed E-state index contributed by atoms with van der Waals surface area (Å²) < 4.78 is 34.5. The summed E-state index contributed by atoms with van der Waals surface area (Å²) in [5, 5.41) is 0. The number of hydrogen-bond acceptors (Lipinski definition) is 4. The summed E-state index contributed by atoms with van der Waals surface area (Å²) in [6.45, 7) is 1.77. The topological polar surface area (TPSA) is 66.4 Å². The molecule has 0 amide bonds. The van der Waals surface area contributed by atoms with Gasteiger partial charge in [0, 0.05) is 0 Å². The molecule has 0 aromatic heterocycles. The minimum Gasteiger partial charge on any atom is -0.716 e. The van der Waals surface area contributed by atoms with Crippen LogP contribution in [0.1, 0.15) is 5.56 Å². The smallest absolute Gasteiger partial charge is 0.716 e. The van der Waals surface area contributed by atoms with Crippen LogP contribution in [-0.2, 0) is 10.4 Å². The van der Waals surface area contributed by atoms with Crippen molar-refractivity contribution < 1.29 is 46.7 Å². The average Bonchev–Trinajstić information content (AvgIpc) is 1.82. The van der Waals surface area contributed by atoms with Crippen molar-refractivity contribution in [2.45, 2.75) is 6.92 Å². The van der Waals surface area contributed by atoms with Crippen molar-refractivity contribution in [1.29, 1.82) is 0 Å². The van der Waals surface area contributed by atoms with E-state index in [1.54, 1.807) is 19.1 Å². The molecule has 1 aromatic carbocycles. The zero-order valence-corrected chi connectivity index (χ0v) is 10.2. The van der Waals surface area contributed by atoms with E-state index in [1.165, 1.54) is 12.1 Å². The first-order chi connectivity index (χ1) is 5.47. The molecule has 13 heavy (non-hydrogen) atoms. The summed E-state index contributed by atoms with van der Waals surface area (Å²) in [4.78, 5) is 0. The molecule has 1 rings (SSSR count). The Bertz CT molecular complexity index is 374. The number of benzene rings is 1. The fourth-order valence-corrected chi connectivity index (χ4v) is 1.12. The van der Waals surface area contributed by atoms with E-state index in [2.05, 4.69) is 4.18 Å². The Labute approximate surface area is 99.2 Å². The third-order valence-electron chi connectivity index (χ3n) is 1.19. The van der Waals surface area contributed by atoms with Gasteiger partial charge in [-0.2, -0.15) is 0 Å². The van der Waals surface area contributed by atoms with Crippen molar-refractivity contribution in [3.05, 3.63) is 29.8 Å². The molecule has 0 bridgehead atoms. The van der Waals surface area contributed by atoms with Crippen molar-refractivity contribution in [3.8, 4) is 5.75 Å². The van der Waals surface area contributed by atoms with Crippen LogP contribution in [0, 0.1) is 6.92 Å². The second-order valence-electron chi connectivity index (χ2n) is 2.31. The van der Waals surface area contributed by atoms with Gasteiger partial charge in [0.05, 0.1) is 0 Å². The van der Waals surface area contributed by atoms with E-state index in [0.29, 0.717) is 0 Å². The van der Waals surface area contributed by atoms with Crippen molar-refractivity contribution >= 4 is 10.4 Å². The minimum absolute atomic E-state index is 0. The molecular formula is C7H7NaO4S. The van der Waals surface area contributed by atoms with Crippen LogP contribution in [0.15, 0.2) is 24.3 Å². The molecule has 1 aromatic rings. The largest absolute Gasteiger partial charge is 1.00 e. The van der Waals surface area contributed by atoms with E-state index >= 15 is 0 Å². The van der Waals surface area contributed by atoms with Gasteiger partial charge in [0.15, 0.2) is 0 Å². The summed E-state index contributed by atoms with van der Waals surface area (Å²) in [5.41, 5.74) is 0.830. The molecule has 0 saturated heterocycles. The summed E-state index contributed by atoms with van der Waals surface area (Å²) in [5.74, 6) is 0.0463. The van der Waals surface area contributed by atoms with Gasteiger partial charge < -0.3 is 8.74 Å². The van der Waals surface area contributed by atoms with Gasteiger partial charge in [0.1, 0.15) is 5.75 Å². The normalized spacial score (nSPS) is 10.3. The molecule has 0 spiro atoms. The Morgan fingerprint density at radius 2 is 2.00 bits per heavy atom. The van der Waals surface area contributed by atoms with Gasteiger partial charge in [0.25, 0.3) is 10.4 Å². The minimum atomic E-state index is -4.64. The maximum atomic E-state index is 10.1. The maximum Gasteiger partial charge on any atom is 1.00 e. The summed E-state index contributed by atoms with van der Waals surface area (Å²) in [6.07, 6.45) is 0. The first kappa shape index (κ1) is 12.9. The van der Waals surface area contributed by atoms with Crippen LogP contribution in [0.3, 0.4) is 0 Å². The number of hydrogen-bond donors (Lipinski definition) is 0. The molecule has 0 aliphatic heterocycles. The van der Waals surface area contributed by atoms with Gasteiger partial charge in [-0.25, -0.2) is 8.42 Å². The van der Waals surface area contributed by atoms with Gasteiger partial charge in [-0.05, 0) is 24.6 Å². The molecule has 0 aliphatic carbocycles. The number of aryl methyl sites for hydroxylation is 1. The van der Waals surface area contributed by atoms with E-state index in [-0.39, 0.29) is 35.3 Å². The monoisotopic (exact) mass is 210 g/mol. The van der Waals surface area contributed by atoms with Gasteiger partial charge in [-0.15, -0.1) is 0 Å². The van der Waals surface area contributed by atoms with E-state index in [9.17, 15) is 13.0 Å². The molecule has 66 valence electrons. The van der Waals surface area contributed by atoms with Crippen LogP contribution in [0.5, 0.6) is 5.75 Å². The zero-order valence-electron chi connectivity index (χ0n) is 7.35. The van der Waals surface area contributed by atoms with E-state index in [1.807, 2.05) is 0 Å². The molecule has 4 nitrogen and oxygen atoms in total. The van der Waals surface area contributed by atoms with Gasteiger partial charge in [-0.1, -0.05) is 12.1 Å². The van der Waals surface area contributed by atoms with Crippen LogP contribution < -0.4 is 33.7 Å². The quantitative estimate of drug-likeness (QED) is 0.317. The van der Waals surface area contributed by atoms with Crippen LogP contribution >= 0.6 is 0 Å². The van der Waals surface area contributed by atoms with Crippen molar-refractivity contribution in [3.63, 3.8) is 0 Å². The molecule has 6 heteroatoms. The van der Waals surface area contributed by atoms with E-state index in [4.69, 9.17) is 0 Å². The summed E-state index contributed by atoms with van der Waals surface area (Å²) in [6, 6.07) is 6.25. The van der Waals surface area contributed by atoms with Crippen molar-refractivity contribution in [2.75, 3.05) is 0 Å². The molecule has 0 heterocycles. The first-order valence-electron chi connectivity index (χ1n) is 3.19. The second-order valence-corrected chi connectivity index (χ2v) is 3.29. The SMILES string of the molecule is Cc1cccc(OS(=O)(=O)[O-])c1.[Na+]. The molecule has 0 saturated carbocycles. The summed E-state index contributed by atoms with van der Waals surface area (Å²) in [7, 11) is -4.64. The predicted octanol–water partition coefficient (Wildman–Crippen LogP) is -2.16. The Morgan fingerprint density at radius 1 is 1.38 bits per heavy atom. The van der Waals surface area contributed by atoms with Gasteiger partial charge in [0.2, 0.25) is 0 Å². The van der Waals surface area contributed by atoms with Crippen LogP contribution in [-0.4, -0.2) is 13.0 Å². The van der Waals surface area contributed by atoms with Gasteiger partial charge >= 0.3 is 29.6 Å². The average molecular weight is 210 g/mol. The molecule has 0 atom stereocenters. The molecular weight excluding hydrogens is 203 g/mol. The van der Waals surface area contributed by atoms with Crippen molar-refractivity contribution in [2.24, 2.45) is 0 Å². The Balaban J connectivity index is 0.00000144. The Morgan fingerprint density at radius 3 is 2.46 bits per heavy atom. The maximum absolute atomic E-state index is 10.1. The third-order valence-corrected chi connectivity index (χ3v) is 1.58. The Kier molecular flexibility index (Phi) is 4.95. The van der Waals surface area contributed by atoms with Crippen LogP contribution in [0.25, 0.3) is 0 Å². The third kappa shape index (κ3) is 5.28. The van der Waals surface area contributed by atoms with Gasteiger partial charge in [-0.3, -0.25) is 0 Å². The second kappa shape index (κ2) is 4.97. The van der Waals surface area contributed by atoms with Crippen molar-refractivity contribution in [1.82, 2.24) is 0 Å². The van der Waals surface area contributed by atoms with Crippen LogP contribution in [0.4, 0.5) is 0 Å². The molecule has 0 aliphatic rings. The van der Waals surface area contributed by atoms with E-state index < -0.39 is 10.4 Å². The fourth-order valence-electron chi connectivity index (χ4n) is 0.785. The zero-order chi connectivity index (χ0) is 9.19. The predicted molar refractivity (Wildman–Crippen MR) is 41.5 cm³/mol. The molecule has 0 N–H and O–H groups in total. The Hall–Kier alpha value is -0.0700.